The van der Waals surface area contributed by atoms with E-state index in [0.29, 0.717) is 4.88 Å². The number of rotatable bonds is 5. The Hall–Kier alpha value is -2.21. The molecule has 0 spiro atoms. The maximum atomic E-state index is 12.8. The predicted octanol–water partition coefficient (Wildman–Crippen LogP) is 3.24. The van der Waals surface area contributed by atoms with Crippen LogP contribution in [0.3, 0.4) is 0 Å². The van der Waals surface area contributed by atoms with Crippen LogP contribution in [0.2, 0.25) is 0 Å². The summed E-state index contributed by atoms with van der Waals surface area (Å²) in [6.45, 7) is 1.80. The lowest BCUT2D eigenvalue weighted by Crippen LogP contribution is -2.35. The highest BCUT2D eigenvalue weighted by Gasteiger charge is 2.23. The van der Waals surface area contributed by atoms with E-state index in [-0.39, 0.29) is 18.3 Å². The zero-order valence-corrected chi connectivity index (χ0v) is 14.1. The molecule has 2 aromatic rings. The van der Waals surface area contributed by atoms with E-state index in [1.807, 2.05) is 6.07 Å². The lowest BCUT2D eigenvalue weighted by molar-refractivity contribution is -0.129. The van der Waals surface area contributed by atoms with Gasteiger partial charge in [0.1, 0.15) is 10.7 Å². The molecule has 126 valence electrons. The summed E-state index contributed by atoms with van der Waals surface area (Å²) < 4.78 is 18.1. The summed E-state index contributed by atoms with van der Waals surface area (Å²) in [7, 11) is 0. The number of hydrogen-bond acceptors (Lipinski definition) is 4. The van der Waals surface area contributed by atoms with Crippen molar-refractivity contribution in [2.24, 2.45) is 0 Å². The molecule has 0 unspecified atom stereocenters. The molecule has 3 rings (SSSR count). The van der Waals surface area contributed by atoms with E-state index in [0.717, 1.165) is 24.8 Å². The van der Waals surface area contributed by atoms with E-state index >= 15 is 0 Å². The molecule has 1 amide bonds. The lowest BCUT2D eigenvalue weighted by atomic mass is 10.2. The molecule has 1 N–H and O–H groups in total. The zero-order chi connectivity index (χ0) is 17.1. The van der Waals surface area contributed by atoms with E-state index in [1.54, 1.807) is 19.1 Å². The molecule has 1 aliphatic carbocycles. The molecule has 1 heterocycles. The molecule has 0 bridgehead atoms. The molecule has 1 aliphatic rings. The largest absolute Gasteiger partial charge is 0.448 e. The number of esters is 1. The van der Waals surface area contributed by atoms with Crippen molar-refractivity contribution in [2.45, 2.75) is 38.8 Å². The fourth-order valence-electron chi connectivity index (χ4n) is 2.64. The molecule has 0 saturated heterocycles. The Labute approximate surface area is 143 Å². The number of thiophene rings is 1. The quantitative estimate of drug-likeness (QED) is 0.845. The van der Waals surface area contributed by atoms with Crippen molar-refractivity contribution in [3.63, 3.8) is 0 Å². The minimum atomic E-state index is -0.880. The SMILES string of the molecule is C[C@@H](OC(=O)c1cc2c(s1)CCC2)C(=O)NCc1ccc(F)cc1. The van der Waals surface area contributed by atoms with Gasteiger partial charge in [0.05, 0.1) is 0 Å². The van der Waals surface area contributed by atoms with Gasteiger partial charge in [0.25, 0.3) is 5.91 Å². The van der Waals surface area contributed by atoms with Gasteiger partial charge in [0, 0.05) is 11.4 Å². The van der Waals surface area contributed by atoms with Gasteiger partial charge in [-0.25, -0.2) is 9.18 Å². The monoisotopic (exact) mass is 347 g/mol. The zero-order valence-electron chi connectivity index (χ0n) is 13.3. The summed E-state index contributed by atoms with van der Waals surface area (Å²) in [5, 5.41) is 2.68. The standard InChI is InChI=1S/C18H18FNO3S/c1-11(17(21)20-10-12-5-7-14(19)8-6-12)23-18(22)16-9-13-3-2-4-15(13)24-16/h5-9,11H,2-4,10H2,1H3,(H,20,21)/t11-/m1/s1. The molecule has 0 aliphatic heterocycles. The number of fused-ring (bicyclic) bond motifs is 1. The summed E-state index contributed by atoms with van der Waals surface area (Å²) in [4.78, 5) is 26.0. The second-order valence-electron chi connectivity index (χ2n) is 5.80. The third kappa shape index (κ3) is 3.82. The van der Waals surface area contributed by atoms with E-state index in [4.69, 9.17) is 4.74 Å². The van der Waals surface area contributed by atoms with Gasteiger partial charge in [0.15, 0.2) is 6.10 Å². The molecule has 0 fully saturated rings. The number of carbonyl (C=O) groups excluding carboxylic acids is 2. The molecule has 1 atom stereocenters. The first kappa shape index (κ1) is 16.6. The third-order valence-corrected chi connectivity index (χ3v) is 5.20. The number of nitrogens with one attached hydrogen (secondary N) is 1. The topological polar surface area (TPSA) is 55.4 Å². The summed E-state index contributed by atoms with van der Waals surface area (Å²) in [5.41, 5.74) is 2.00. The predicted molar refractivity (Wildman–Crippen MR) is 89.5 cm³/mol. The van der Waals surface area contributed by atoms with Crippen LogP contribution in [-0.4, -0.2) is 18.0 Å². The van der Waals surface area contributed by atoms with Crippen LogP contribution < -0.4 is 5.32 Å². The first-order valence-electron chi connectivity index (χ1n) is 7.87. The van der Waals surface area contributed by atoms with Crippen LogP contribution in [0.1, 0.15) is 39.0 Å². The molecule has 6 heteroatoms. The second kappa shape index (κ2) is 7.13. The fourth-order valence-corrected chi connectivity index (χ4v) is 3.77. The van der Waals surface area contributed by atoms with E-state index in [1.165, 1.54) is 33.9 Å². The van der Waals surface area contributed by atoms with Gasteiger partial charge in [0.2, 0.25) is 0 Å². The van der Waals surface area contributed by atoms with E-state index < -0.39 is 12.1 Å². The van der Waals surface area contributed by atoms with Crippen molar-refractivity contribution in [3.8, 4) is 0 Å². The van der Waals surface area contributed by atoms with Crippen LogP contribution in [0, 0.1) is 5.82 Å². The fraction of sp³-hybridized carbons (Fsp3) is 0.333. The van der Waals surface area contributed by atoms with Crippen LogP contribution in [-0.2, 0) is 28.9 Å². The molecule has 24 heavy (non-hydrogen) atoms. The van der Waals surface area contributed by atoms with Crippen molar-refractivity contribution >= 4 is 23.2 Å². The summed E-state index contributed by atoms with van der Waals surface area (Å²) >= 11 is 1.45. The molecule has 0 radical (unpaired) electrons. The summed E-state index contributed by atoms with van der Waals surface area (Å²) in [5.74, 6) is -1.16. The number of ether oxygens (including phenoxy) is 1. The van der Waals surface area contributed by atoms with Gasteiger partial charge in [-0.3, -0.25) is 4.79 Å². The number of carbonyl (C=O) groups is 2. The Bertz CT molecular complexity index is 733. The second-order valence-corrected chi connectivity index (χ2v) is 6.94. The van der Waals surface area contributed by atoms with Crippen LogP contribution in [0.25, 0.3) is 0 Å². The molecule has 4 nitrogen and oxygen atoms in total. The summed E-state index contributed by atoms with van der Waals surface area (Å²) in [6, 6.07) is 7.74. The lowest BCUT2D eigenvalue weighted by Gasteiger charge is -2.13. The summed E-state index contributed by atoms with van der Waals surface area (Å²) in [6.07, 6.45) is 2.28. The Kier molecular flexibility index (Phi) is 4.94. The molecule has 1 aromatic heterocycles. The minimum Gasteiger partial charge on any atom is -0.448 e. The van der Waals surface area contributed by atoms with Crippen molar-refractivity contribution in [2.75, 3.05) is 0 Å². The number of halogens is 1. The maximum absolute atomic E-state index is 12.8. The Morgan fingerprint density at radius 2 is 2.04 bits per heavy atom. The van der Waals surface area contributed by atoms with Crippen molar-refractivity contribution in [3.05, 3.63) is 57.0 Å². The maximum Gasteiger partial charge on any atom is 0.349 e. The highest BCUT2D eigenvalue weighted by Crippen LogP contribution is 2.31. The first-order chi connectivity index (χ1) is 11.5. The molecular formula is C18H18FNO3S. The van der Waals surface area contributed by atoms with Crippen molar-refractivity contribution in [1.29, 1.82) is 0 Å². The van der Waals surface area contributed by atoms with Crippen molar-refractivity contribution in [1.82, 2.24) is 5.32 Å². The first-order valence-corrected chi connectivity index (χ1v) is 8.69. The highest BCUT2D eigenvalue weighted by atomic mass is 32.1. The number of hydrogen-bond donors (Lipinski definition) is 1. The van der Waals surface area contributed by atoms with Crippen molar-refractivity contribution < 1.29 is 18.7 Å². The number of amides is 1. The molecule has 0 saturated carbocycles. The van der Waals surface area contributed by atoms with Gasteiger partial charge in [-0.2, -0.15) is 0 Å². The molecular weight excluding hydrogens is 329 g/mol. The van der Waals surface area contributed by atoms with Gasteiger partial charge >= 0.3 is 5.97 Å². The van der Waals surface area contributed by atoms with Gasteiger partial charge < -0.3 is 10.1 Å². The van der Waals surface area contributed by atoms with E-state index in [2.05, 4.69) is 5.32 Å². The van der Waals surface area contributed by atoms with E-state index in [9.17, 15) is 14.0 Å². The van der Waals surface area contributed by atoms with Gasteiger partial charge in [-0.15, -0.1) is 11.3 Å². The van der Waals surface area contributed by atoms with Gasteiger partial charge in [-0.05, 0) is 55.5 Å². The normalized spacial score (nSPS) is 14.1. The Morgan fingerprint density at radius 3 is 2.75 bits per heavy atom. The molecule has 1 aromatic carbocycles. The van der Waals surface area contributed by atoms with Crippen LogP contribution in [0.5, 0.6) is 0 Å². The number of benzene rings is 1. The smallest absolute Gasteiger partial charge is 0.349 e. The average molecular weight is 347 g/mol. The third-order valence-electron chi connectivity index (χ3n) is 3.98. The number of aryl methyl sites for hydroxylation is 2. The van der Waals surface area contributed by atoms with Crippen LogP contribution in [0.15, 0.2) is 30.3 Å². The van der Waals surface area contributed by atoms with Crippen LogP contribution >= 0.6 is 11.3 Å². The highest BCUT2D eigenvalue weighted by molar-refractivity contribution is 7.14. The van der Waals surface area contributed by atoms with Crippen LogP contribution in [0.4, 0.5) is 4.39 Å². The van der Waals surface area contributed by atoms with Gasteiger partial charge in [-0.1, -0.05) is 12.1 Å². The Morgan fingerprint density at radius 1 is 1.29 bits per heavy atom. The average Bonchev–Trinajstić information content (AvgIpc) is 3.15. The minimum absolute atomic E-state index is 0.258. The Balaban J connectivity index is 1.51.